The smallest absolute Gasteiger partial charge is 0.324 e. The third-order valence-electron chi connectivity index (χ3n) is 2.09. The van der Waals surface area contributed by atoms with Gasteiger partial charge in [-0.15, -0.1) is 10.1 Å². The molecule has 0 spiro atoms. The van der Waals surface area contributed by atoms with Gasteiger partial charge in [0.25, 0.3) is 5.95 Å². The molecule has 2 aromatic rings. The molecule has 2 heterocycles. The lowest BCUT2D eigenvalue weighted by molar-refractivity contribution is 0.338. The van der Waals surface area contributed by atoms with Crippen LogP contribution in [0.25, 0.3) is 5.95 Å². The molecule has 0 saturated heterocycles. The number of rotatable bonds is 3. The summed E-state index contributed by atoms with van der Waals surface area (Å²) >= 11 is 0. The molecule has 2 rings (SSSR count). The number of ether oxygens (including phenoxy) is 2. The summed E-state index contributed by atoms with van der Waals surface area (Å²) in [6.45, 7) is 1.84. The van der Waals surface area contributed by atoms with E-state index < -0.39 is 0 Å². The highest BCUT2D eigenvalue weighted by Crippen LogP contribution is 2.14. The fourth-order valence-corrected chi connectivity index (χ4v) is 1.19. The van der Waals surface area contributed by atoms with Gasteiger partial charge in [0, 0.05) is 11.8 Å². The van der Waals surface area contributed by atoms with E-state index in [0.717, 1.165) is 5.56 Å². The van der Waals surface area contributed by atoms with E-state index in [0.29, 0.717) is 5.82 Å². The largest absolute Gasteiger partial charge is 0.467 e. The molecule has 90 valence electrons. The molecule has 0 radical (unpaired) electrons. The highest BCUT2D eigenvalue weighted by Gasteiger charge is 2.11. The minimum absolute atomic E-state index is 0.151. The molecule has 0 saturated carbocycles. The molecule has 2 aromatic heterocycles. The Morgan fingerprint density at radius 1 is 1.12 bits per heavy atom. The average Bonchev–Trinajstić information content (AvgIpc) is 2.69. The van der Waals surface area contributed by atoms with Gasteiger partial charge in [0.05, 0.1) is 14.2 Å². The fourth-order valence-electron chi connectivity index (χ4n) is 1.19. The van der Waals surface area contributed by atoms with Crippen molar-refractivity contribution in [3.63, 3.8) is 0 Å². The van der Waals surface area contributed by atoms with Crippen LogP contribution in [0.4, 0.5) is 5.82 Å². The number of aryl methyl sites for hydroxylation is 1. The van der Waals surface area contributed by atoms with Crippen molar-refractivity contribution in [3.8, 4) is 18.0 Å². The number of aromatic nitrogens is 5. The number of nitrogens with two attached hydrogens (primary N) is 1. The molecule has 0 fully saturated rings. The van der Waals surface area contributed by atoms with E-state index in [1.807, 2.05) is 6.92 Å². The van der Waals surface area contributed by atoms with Gasteiger partial charge in [-0.2, -0.15) is 9.97 Å². The molecule has 0 amide bonds. The van der Waals surface area contributed by atoms with Gasteiger partial charge >= 0.3 is 12.0 Å². The van der Waals surface area contributed by atoms with E-state index in [9.17, 15) is 0 Å². The molecule has 0 aliphatic heterocycles. The molecule has 0 aromatic carbocycles. The van der Waals surface area contributed by atoms with Crippen LogP contribution < -0.4 is 15.2 Å². The number of methoxy groups -OCH3 is 2. The van der Waals surface area contributed by atoms with E-state index in [1.54, 1.807) is 6.20 Å². The van der Waals surface area contributed by atoms with Crippen molar-refractivity contribution < 1.29 is 9.47 Å². The molecular weight excluding hydrogens is 224 g/mol. The van der Waals surface area contributed by atoms with Gasteiger partial charge in [-0.3, -0.25) is 0 Å². The lowest BCUT2D eigenvalue weighted by Gasteiger charge is -2.04. The minimum Gasteiger partial charge on any atom is -0.467 e. The number of nitrogens with zero attached hydrogens (tertiary/aromatic N) is 5. The maximum Gasteiger partial charge on any atom is 0.324 e. The van der Waals surface area contributed by atoms with Crippen molar-refractivity contribution >= 4 is 5.82 Å². The summed E-state index contributed by atoms with van der Waals surface area (Å²) in [4.78, 5) is 12.0. The van der Waals surface area contributed by atoms with Gasteiger partial charge in [0.1, 0.15) is 5.82 Å². The Kier molecular flexibility index (Phi) is 2.77. The maximum absolute atomic E-state index is 5.65. The normalized spacial score (nSPS) is 10.3. The van der Waals surface area contributed by atoms with Gasteiger partial charge in [0.2, 0.25) is 0 Å². The van der Waals surface area contributed by atoms with Crippen LogP contribution in [0.2, 0.25) is 0 Å². The molecule has 0 bridgehead atoms. The summed E-state index contributed by atoms with van der Waals surface area (Å²) < 4.78 is 11.3. The Labute approximate surface area is 97.4 Å². The predicted molar refractivity (Wildman–Crippen MR) is 59.2 cm³/mol. The molecule has 0 unspecified atom stereocenters. The molecule has 8 heteroatoms. The first-order valence-corrected chi connectivity index (χ1v) is 4.80. The summed E-state index contributed by atoms with van der Waals surface area (Å²) in [6.07, 6.45) is 1.71. The lowest BCUT2D eigenvalue weighted by atomic mass is 10.4. The Morgan fingerprint density at radius 2 is 1.71 bits per heavy atom. The lowest BCUT2D eigenvalue weighted by Crippen LogP contribution is -2.07. The van der Waals surface area contributed by atoms with Crippen LogP contribution in [0.15, 0.2) is 6.20 Å². The van der Waals surface area contributed by atoms with E-state index in [2.05, 4.69) is 20.1 Å². The van der Waals surface area contributed by atoms with Crippen molar-refractivity contribution in [2.45, 2.75) is 6.92 Å². The third kappa shape index (κ3) is 2.10. The minimum atomic E-state index is 0.151. The van der Waals surface area contributed by atoms with E-state index in [1.165, 1.54) is 18.9 Å². The molecule has 8 nitrogen and oxygen atoms in total. The monoisotopic (exact) mass is 236 g/mol. The number of anilines is 1. The summed E-state index contributed by atoms with van der Waals surface area (Å²) in [5.41, 5.74) is 6.49. The van der Waals surface area contributed by atoms with Crippen molar-refractivity contribution in [2.75, 3.05) is 20.0 Å². The highest BCUT2D eigenvalue weighted by molar-refractivity contribution is 5.37. The molecule has 0 aliphatic carbocycles. The first-order chi connectivity index (χ1) is 8.13. The van der Waals surface area contributed by atoms with Crippen LogP contribution in [-0.4, -0.2) is 39.0 Å². The zero-order chi connectivity index (χ0) is 12.4. The Balaban J connectivity index is 2.50. The van der Waals surface area contributed by atoms with Crippen molar-refractivity contribution in [2.24, 2.45) is 0 Å². The highest BCUT2D eigenvalue weighted by atomic mass is 16.5. The first-order valence-electron chi connectivity index (χ1n) is 4.80. The van der Waals surface area contributed by atoms with E-state index in [-0.39, 0.29) is 18.0 Å². The van der Waals surface area contributed by atoms with Crippen molar-refractivity contribution in [1.29, 1.82) is 0 Å². The number of hydrogen-bond acceptors (Lipinski definition) is 7. The summed E-state index contributed by atoms with van der Waals surface area (Å²) in [5, 5.41) is 4.06. The Morgan fingerprint density at radius 3 is 2.12 bits per heavy atom. The maximum atomic E-state index is 5.65. The molecule has 17 heavy (non-hydrogen) atoms. The van der Waals surface area contributed by atoms with E-state index in [4.69, 9.17) is 15.2 Å². The van der Waals surface area contributed by atoms with Crippen LogP contribution in [-0.2, 0) is 0 Å². The Hall–Kier alpha value is -2.38. The fraction of sp³-hybridized carbons (Fsp3) is 0.333. The molecular formula is C9H12N6O2. The van der Waals surface area contributed by atoms with Crippen LogP contribution in [0.3, 0.4) is 0 Å². The van der Waals surface area contributed by atoms with Crippen LogP contribution in [0.5, 0.6) is 12.0 Å². The quantitative estimate of drug-likeness (QED) is 0.798. The number of hydrogen-bond donors (Lipinski definition) is 1. The van der Waals surface area contributed by atoms with Crippen LogP contribution >= 0.6 is 0 Å². The molecule has 2 N–H and O–H groups in total. The summed E-state index contributed by atoms with van der Waals surface area (Å²) in [5.74, 6) is 0.705. The second kappa shape index (κ2) is 4.24. The zero-order valence-corrected chi connectivity index (χ0v) is 9.71. The van der Waals surface area contributed by atoms with Crippen LogP contribution in [0, 0.1) is 6.92 Å². The second-order valence-electron chi connectivity index (χ2n) is 3.25. The molecule has 0 atom stereocenters. The van der Waals surface area contributed by atoms with Crippen molar-refractivity contribution in [3.05, 3.63) is 11.8 Å². The summed E-state index contributed by atoms with van der Waals surface area (Å²) in [6, 6.07) is 0.303. The van der Waals surface area contributed by atoms with Gasteiger partial charge < -0.3 is 15.2 Å². The van der Waals surface area contributed by atoms with Crippen molar-refractivity contribution in [1.82, 2.24) is 24.7 Å². The van der Waals surface area contributed by atoms with Gasteiger partial charge in [0.15, 0.2) is 0 Å². The SMILES string of the molecule is COc1nc(OC)nc(-n2cc(C)c(N)n2)n1. The topological polar surface area (TPSA) is 101 Å². The first kappa shape index (κ1) is 11.1. The van der Waals surface area contributed by atoms with Gasteiger partial charge in [-0.05, 0) is 6.92 Å². The summed E-state index contributed by atoms with van der Waals surface area (Å²) in [7, 11) is 2.92. The van der Waals surface area contributed by atoms with E-state index >= 15 is 0 Å². The Bertz CT molecular complexity index is 497. The van der Waals surface area contributed by atoms with Gasteiger partial charge in [-0.1, -0.05) is 0 Å². The standard InChI is InChI=1S/C9H12N6O2/c1-5-4-15(14-6(5)10)7-11-8(16-2)13-9(12-7)17-3/h4H,1-3H3,(H2,10,14). The zero-order valence-electron chi connectivity index (χ0n) is 9.71. The second-order valence-corrected chi connectivity index (χ2v) is 3.25. The van der Waals surface area contributed by atoms with Crippen LogP contribution in [0.1, 0.15) is 5.56 Å². The molecule has 0 aliphatic rings. The average molecular weight is 236 g/mol. The predicted octanol–water partition coefficient (Wildman–Crippen LogP) is -0.0349. The van der Waals surface area contributed by atoms with Gasteiger partial charge in [-0.25, -0.2) is 4.68 Å². The third-order valence-corrected chi connectivity index (χ3v) is 2.09. The number of nitrogen functional groups attached to an aromatic ring is 1.